The third-order valence-electron chi connectivity index (χ3n) is 4.60. The number of aliphatic imine (C=N–C) groups is 2. The Hall–Kier alpha value is -0.750. The van der Waals surface area contributed by atoms with Gasteiger partial charge in [-0.1, -0.05) is 53.3 Å². The maximum atomic E-state index is 6.27. The van der Waals surface area contributed by atoms with E-state index in [1.54, 1.807) is 11.8 Å². The number of thioether (sulfide) groups is 1. The van der Waals surface area contributed by atoms with Gasteiger partial charge in [-0.3, -0.25) is 5.01 Å². The van der Waals surface area contributed by atoms with Crippen LogP contribution in [0.25, 0.3) is 0 Å². The Balaban J connectivity index is 2.19. The van der Waals surface area contributed by atoms with Gasteiger partial charge in [0.1, 0.15) is 6.17 Å². The first-order chi connectivity index (χ1) is 10.5. The van der Waals surface area contributed by atoms with Crippen molar-refractivity contribution in [3.8, 4) is 0 Å². The molecular weight excluding hydrogens is 306 g/mol. The maximum absolute atomic E-state index is 6.27. The number of hydrazine groups is 1. The van der Waals surface area contributed by atoms with E-state index in [1.807, 2.05) is 11.3 Å². The van der Waals surface area contributed by atoms with Crippen LogP contribution in [0.2, 0.25) is 0 Å². The highest BCUT2D eigenvalue weighted by molar-refractivity contribution is 8.13. The lowest BCUT2D eigenvalue weighted by molar-refractivity contribution is 0.0633. The Kier molecular flexibility index (Phi) is 5.36. The van der Waals surface area contributed by atoms with Crippen molar-refractivity contribution in [1.29, 1.82) is 0 Å². The number of amidine groups is 1. The second kappa shape index (κ2) is 6.63. The van der Waals surface area contributed by atoms with Crippen molar-refractivity contribution in [3.63, 3.8) is 0 Å². The van der Waals surface area contributed by atoms with Crippen molar-refractivity contribution in [2.24, 2.45) is 32.5 Å². The van der Waals surface area contributed by atoms with Crippen molar-refractivity contribution in [2.75, 3.05) is 6.26 Å². The van der Waals surface area contributed by atoms with Gasteiger partial charge in [0.15, 0.2) is 5.17 Å². The molecule has 3 N–H and O–H groups in total. The average molecular weight is 340 g/mol. The highest BCUT2D eigenvalue weighted by atomic mass is 32.2. The fourth-order valence-corrected chi connectivity index (χ4v) is 4.32. The van der Waals surface area contributed by atoms with Crippen LogP contribution in [0.15, 0.2) is 9.98 Å². The zero-order chi connectivity index (χ0) is 17.4. The van der Waals surface area contributed by atoms with Crippen molar-refractivity contribution in [3.05, 3.63) is 0 Å². The average Bonchev–Trinajstić information content (AvgIpc) is 2.37. The van der Waals surface area contributed by atoms with Gasteiger partial charge < -0.3 is 5.73 Å². The summed E-state index contributed by atoms with van der Waals surface area (Å²) >= 11 is 1.55. The summed E-state index contributed by atoms with van der Waals surface area (Å²) < 4.78 is 0. The molecule has 2 aliphatic rings. The highest BCUT2D eigenvalue weighted by Crippen LogP contribution is 2.39. The van der Waals surface area contributed by atoms with E-state index in [-0.39, 0.29) is 11.6 Å². The van der Waals surface area contributed by atoms with Gasteiger partial charge >= 0.3 is 0 Å². The summed E-state index contributed by atoms with van der Waals surface area (Å²) in [6.07, 6.45) is 5.55. The molecule has 0 saturated heterocycles. The van der Waals surface area contributed by atoms with Crippen LogP contribution in [-0.2, 0) is 0 Å². The van der Waals surface area contributed by atoms with E-state index < -0.39 is 0 Å². The first kappa shape index (κ1) is 18.6. The molecular formula is C17H33N5S. The third kappa shape index (κ3) is 4.63. The molecule has 0 aromatic heterocycles. The number of hydrogen-bond donors (Lipinski definition) is 2. The lowest BCUT2D eigenvalue weighted by Crippen LogP contribution is -2.61. The quantitative estimate of drug-likeness (QED) is 0.809. The van der Waals surface area contributed by atoms with E-state index in [4.69, 9.17) is 10.7 Å². The normalized spacial score (nSPS) is 31.6. The standard InChI is InChI=1S/C17H33N5S/c1-11-8-12(10-17(5,6)9-11)21-22-13(16(2,3)4)19-15(23-7)20-14(22)18/h11-13,21H,8-10H2,1-7H3,(H2,18,19,20). The molecule has 6 heteroatoms. The van der Waals surface area contributed by atoms with Crippen LogP contribution in [0.3, 0.4) is 0 Å². The van der Waals surface area contributed by atoms with Crippen LogP contribution in [0.4, 0.5) is 0 Å². The molecule has 0 aromatic rings. The van der Waals surface area contributed by atoms with Crippen molar-refractivity contribution < 1.29 is 0 Å². The summed E-state index contributed by atoms with van der Waals surface area (Å²) in [6, 6.07) is 0.415. The number of rotatable bonds is 2. The van der Waals surface area contributed by atoms with Crippen molar-refractivity contribution in [1.82, 2.24) is 10.4 Å². The fourth-order valence-electron chi connectivity index (χ4n) is 3.93. The first-order valence-electron chi connectivity index (χ1n) is 8.53. The molecule has 0 aromatic carbocycles. The predicted molar refractivity (Wildman–Crippen MR) is 101 cm³/mol. The molecule has 0 spiro atoms. The minimum atomic E-state index is -0.0391. The Morgan fingerprint density at radius 3 is 2.48 bits per heavy atom. The molecule has 2 rings (SSSR count). The van der Waals surface area contributed by atoms with Crippen LogP contribution < -0.4 is 11.2 Å². The molecule has 0 bridgehead atoms. The predicted octanol–water partition coefficient (Wildman–Crippen LogP) is 3.43. The third-order valence-corrected chi connectivity index (χ3v) is 5.16. The zero-order valence-electron chi connectivity index (χ0n) is 15.7. The van der Waals surface area contributed by atoms with Crippen LogP contribution >= 0.6 is 11.8 Å². The zero-order valence-corrected chi connectivity index (χ0v) is 16.5. The summed E-state index contributed by atoms with van der Waals surface area (Å²) in [6.45, 7) is 13.6. The molecule has 0 radical (unpaired) electrons. The molecule has 1 fully saturated rings. The lowest BCUT2D eigenvalue weighted by atomic mass is 9.71. The van der Waals surface area contributed by atoms with E-state index >= 15 is 0 Å². The molecule has 3 atom stereocenters. The summed E-state index contributed by atoms with van der Waals surface area (Å²) in [5, 5.41) is 2.76. The number of nitrogens with zero attached hydrogens (tertiary/aromatic N) is 3. The monoisotopic (exact) mass is 339 g/mol. The second-order valence-electron chi connectivity index (χ2n) is 8.93. The Morgan fingerprint density at radius 2 is 1.96 bits per heavy atom. The molecule has 1 saturated carbocycles. The number of nitrogens with one attached hydrogen (secondary N) is 1. The van der Waals surface area contributed by atoms with Gasteiger partial charge in [-0.15, -0.1) is 0 Å². The topological polar surface area (TPSA) is 66.0 Å². The Morgan fingerprint density at radius 1 is 1.30 bits per heavy atom. The summed E-state index contributed by atoms with van der Waals surface area (Å²) in [5.41, 5.74) is 10.3. The lowest BCUT2D eigenvalue weighted by Gasteiger charge is -2.45. The van der Waals surface area contributed by atoms with Crippen LogP contribution in [0.1, 0.15) is 60.8 Å². The van der Waals surface area contributed by atoms with Gasteiger partial charge in [-0.2, -0.15) is 4.99 Å². The van der Waals surface area contributed by atoms with Gasteiger partial charge in [0, 0.05) is 11.5 Å². The molecule has 3 unspecified atom stereocenters. The highest BCUT2D eigenvalue weighted by Gasteiger charge is 2.38. The van der Waals surface area contributed by atoms with E-state index in [0.717, 1.165) is 17.5 Å². The number of nitrogens with two attached hydrogens (primary N) is 1. The second-order valence-corrected chi connectivity index (χ2v) is 9.71. The van der Waals surface area contributed by atoms with Crippen LogP contribution in [0.5, 0.6) is 0 Å². The van der Waals surface area contributed by atoms with Crippen molar-refractivity contribution >= 4 is 22.9 Å². The Labute approximate surface area is 145 Å². The van der Waals surface area contributed by atoms with Gasteiger partial charge in [-0.25, -0.2) is 10.4 Å². The largest absolute Gasteiger partial charge is 0.368 e. The van der Waals surface area contributed by atoms with E-state index in [0.29, 0.717) is 17.4 Å². The van der Waals surface area contributed by atoms with Crippen LogP contribution in [0, 0.1) is 16.7 Å². The smallest absolute Gasteiger partial charge is 0.215 e. The van der Waals surface area contributed by atoms with Crippen molar-refractivity contribution in [2.45, 2.75) is 73.0 Å². The van der Waals surface area contributed by atoms with Crippen LogP contribution in [-0.4, -0.2) is 34.6 Å². The summed E-state index contributed by atoms with van der Waals surface area (Å²) in [7, 11) is 0. The molecule has 1 heterocycles. The van der Waals surface area contributed by atoms with E-state index in [9.17, 15) is 0 Å². The minimum Gasteiger partial charge on any atom is -0.368 e. The summed E-state index contributed by atoms with van der Waals surface area (Å²) in [4.78, 5) is 9.24. The number of guanidine groups is 1. The van der Waals surface area contributed by atoms with E-state index in [1.165, 1.54) is 12.8 Å². The SMILES string of the molecule is CSC1=NC(C(C)(C)C)N(NC2CC(C)CC(C)(C)C2)C(N)=N1. The first-order valence-corrected chi connectivity index (χ1v) is 9.76. The molecule has 0 amide bonds. The molecule has 5 nitrogen and oxygen atoms in total. The van der Waals surface area contributed by atoms with Gasteiger partial charge in [-0.05, 0) is 36.9 Å². The maximum Gasteiger partial charge on any atom is 0.215 e. The van der Waals surface area contributed by atoms with Gasteiger partial charge in [0.05, 0.1) is 0 Å². The fraction of sp³-hybridized carbons (Fsp3) is 0.882. The summed E-state index contributed by atoms with van der Waals surface area (Å²) in [5.74, 6) is 1.25. The molecule has 23 heavy (non-hydrogen) atoms. The molecule has 1 aliphatic heterocycles. The molecule has 132 valence electrons. The van der Waals surface area contributed by atoms with Gasteiger partial charge in [0.2, 0.25) is 5.96 Å². The Bertz CT molecular complexity index is 492. The molecule has 1 aliphatic carbocycles. The van der Waals surface area contributed by atoms with E-state index in [2.05, 4.69) is 52.0 Å². The number of hydrogen-bond acceptors (Lipinski definition) is 6. The minimum absolute atomic E-state index is 0.0235. The van der Waals surface area contributed by atoms with Gasteiger partial charge in [0.25, 0.3) is 0 Å².